The van der Waals surface area contributed by atoms with Crippen LogP contribution in [0.5, 0.6) is 11.5 Å². The van der Waals surface area contributed by atoms with Gasteiger partial charge in [0, 0.05) is 12.3 Å². The van der Waals surface area contributed by atoms with E-state index in [4.69, 9.17) is 4.74 Å². The Bertz CT molecular complexity index is 1230. The fourth-order valence-electron chi connectivity index (χ4n) is 3.15. The lowest BCUT2D eigenvalue weighted by Gasteiger charge is -2.11. The van der Waals surface area contributed by atoms with Crippen molar-refractivity contribution in [3.05, 3.63) is 83.4 Å². The minimum absolute atomic E-state index is 0.0386. The summed E-state index contributed by atoms with van der Waals surface area (Å²) in [5, 5.41) is 4.33. The van der Waals surface area contributed by atoms with Gasteiger partial charge in [0.05, 0.1) is 30.3 Å². The standard InChI is InChI=1S/C22H17F2N3O3/c1-29-17-6-3-5-16(12-17)27-20(8-9-26-27)19-11-15(13-25-21(19)28)14-4-2-7-18(10-14)30-22(23)24/h2-13,22H,1H3,(H,25,28). The second-order valence-corrected chi connectivity index (χ2v) is 6.37. The number of methoxy groups -OCH3 is 1. The molecule has 2 aromatic carbocycles. The van der Waals surface area contributed by atoms with Crippen molar-refractivity contribution in [3.8, 4) is 39.6 Å². The molecule has 0 spiro atoms. The van der Waals surface area contributed by atoms with Gasteiger partial charge in [-0.25, -0.2) is 4.68 Å². The molecule has 8 heteroatoms. The molecular weight excluding hydrogens is 392 g/mol. The molecule has 1 N–H and O–H groups in total. The highest BCUT2D eigenvalue weighted by atomic mass is 19.3. The highest BCUT2D eigenvalue weighted by molar-refractivity contribution is 5.71. The maximum atomic E-state index is 12.6. The zero-order valence-corrected chi connectivity index (χ0v) is 15.9. The lowest BCUT2D eigenvalue weighted by atomic mass is 10.0. The van der Waals surface area contributed by atoms with Crippen LogP contribution in [0.3, 0.4) is 0 Å². The van der Waals surface area contributed by atoms with Crippen molar-refractivity contribution >= 4 is 0 Å². The molecule has 152 valence electrons. The second-order valence-electron chi connectivity index (χ2n) is 6.37. The summed E-state index contributed by atoms with van der Waals surface area (Å²) < 4.78 is 36.4. The van der Waals surface area contributed by atoms with Crippen LogP contribution in [0.2, 0.25) is 0 Å². The lowest BCUT2D eigenvalue weighted by molar-refractivity contribution is -0.0498. The van der Waals surface area contributed by atoms with Crippen LogP contribution in [-0.2, 0) is 0 Å². The molecule has 6 nitrogen and oxygen atoms in total. The average molecular weight is 409 g/mol. The fourth-order valence-corrected chi connectivity index (χ4v) is 3.15. The second kappa shape index (κ2) is 8.20. The van der Waals surface area contributed by atoms with Crippen LogP contribution in [0.15, 0.2) is 77.9 Å². The first-order chi connectivity index (χ1) is 14.5. The summed E-state index contributed by atoms with van der Waals surface area (Å²) in [6.45, 7) is -2.91. The number of hydrogen-bond acceptors (Lipinski definition) is 4. The van der Waals surface area contributed by atoms with Crippen molar-refractivity contribution in [1.82, 2.24) is 14.8 Å². The van der Waals surface area contributed by atoms with Crippen LogP contribution in [0.1, 0.15) is 0 Å². The van der Waals surface area contributed by atoms with E-state index in [2.05, 4.69) is 14.8 Å². The number of alkyl halides is 2. The predicted octanol–water partition coefficient (Wildman–Crippen LogP) is 4.50. The quantitative estimate of drug-likeness (QED) is 0.509. The van der Waals surface area contributed by atoms with Gasteiger partial charge >= 0.3 is 6.61 Å². The number of ether oxygens (including phenoxy) is 2. The van der Waals surface area contributed by atoms with E-state index in [1.165, 1.54) is 18.3 Å². The summed E-state index contributed by atoms with van der Waals surface area (Å²) in [4.78, 5) is 15.3. The van der Waals surface area contributed by atoms with E-state index in [-0.39, 0.29) is 11.3 Å². The van der Waals surface area contributed by atoms with E-state index >= 15 is 0 Å². The first kappa shape index (κ1) is 19.4. The molecule has 0 unspecified atom stereocenters. The largest absolute Gasteiger partial charge is 0.497 e. The van der Waals surface area contributed by atoms with Crippen LogP contribution in [0.25, 0.3) is 28.1 Å². The van der Waals surface area contributed by atoms with Gasteiger partial charge in [-0.2, -0.15) is 13.9 Å². The van der Waals surface area contributed by atoms with Crippen molar-refractivity contribution in [2.45, 2.75) is 6.61 Å². The summed E-state index contributed by atoms with van der Waals surface area (Å²) in [5.41, 5.74) is 2.65. The van der Waals surface area contributed by atoms with Gasteiger partial charge in [-0.05, 0) is 47.5 Å². The summed E-state index contributed by atoms with van der Waals surface area (Å²) in [7, 11) is 1.57. The van der Waals surface area contributed by atoms with Gasteiger partial charge < -0.3 is 14.5 Å². The molecule has 0 bridgehead atoms. The molecule has 4 aromatic rings. The zero-order chi connectivity index (χ0) is 21.1. The van der Waals surface area contributed by atoms with Gasteiger partial charge in [-0.3, -0.25) is 4.79 Å². The van der Waals surface area contributed by atoms with Crippen LogP contribution in [-0.4, -0.2) is 28.5 Å². The molecule has 30 heavy (non-hydrogen) atoms. The van der Waals surface area contributed by atoms with Crippen LogP contribution >= 0.6 is 0 Å². The topological polar surface area (TPSA) is 69.1 Å². The van der Waals surface area contributed by atoms with Crippen molar-refractivity contribution in [1.29, 1.82) is 0 Å². The van der Waals surface area contributed by atoms with E-state index in [1.54, 1.807) is 48.3 Å². The van der Waals surface area contributed by atoms with Crippen molar-refractivity contribution in [2.75, 3.05) is 7.11 Å². The zero-order valence-electron chi connectivity index (χ0n) is 15.9. The molecule has 0 saturated heterocycles. The molecule has 0 aliphatic heterocycles. The first-order valence-electron chi connectivity index (χ1n) is 9.02. The molecule has 4 rings (SSSR count). The Kier molecular flexibility index (Phi) is 5.30. The monoisotopic (exact) mass is 409 g/mol. The van der Waals surface area contributed by atoms with Gasteiger partial charge in [0.1, 0.15) is 11.5 Å². The molecule has 2 aromatic heterocycles. The maximum absolute atomic E-state index is 12.6. The summed E-state index contributed by atoms with van der Waals surface area (Å²) in [5.74, 6) is 0.698. The fraction of sp³-hybridized carbons (Fsp3) is 0.0909. The molecule has 0 amide bonds. The highest BCUT2D eigenvalue weighted by Crippen LogP contribution is 2.28. The minimum Gasteiger partial charge on any atom is -0.497 e. The van der Waals surface area contributed by atoms with Gasteiger partial charge in [0.2, 0.25) is 0 Å². The normalized spacial score (nSPS) is 10.9. The first-order valence-corrected chi connectivity index (χ1v) is 9.02. The minimum atomic E-state index is -2.91. The van der Waals surface area contributed by atoms with Crippen LogP contribution < -0.4 is 15.0 Å². The molecule has 2 heterocycles. The van der Waals surface area contributed by atoms with Crippen molar-refractivity contribution < 1.29 is 18.3 Å². The van der Waals surface area contributed by atoms with Crippen LogP contribution in [0, 0.1) is 0 Å². The number of nitrogens with one attached hydrogen (secondary N) is 1. The predicted molar refractivity (Wildman–Crippen MR) is 108 cm³/mol. The van der Waals surface area contributed by atoms with Crippen molar-refractivity contribution in [3.63, 3.8) is 0 Å². The van der Waals surface area contributed by atoms with E-state index in [0.29, 0.717) is 28.1 Å². The number of halogens is 2. The summed E-state index contributed by atoms with van der Waals surface area (Å²) in [6.07, 6.45) is 3.12. The lowest BCUT2D eigenvalue weighted by Crippen LogP contribution is -2.11. The molecule has 0 saturated carbocycles. The Labute approximate surface area is 170 Å². The highest BCUT2D eigenvalue weighted by Gasteiger charge is 2.14. The van der Waals surface area contributed by atoms with Gasteiger partial charge in [-0.15, -0.1) is 0 Å². The van der Waals surface area contributed by atoms with E-state index in [0.717, 1.165) is 5.69 Å². The third-order valence-corrected chi connectivity index (χ3v) is 4.51. The van der Waals surface area contributed by atoms with E-state index in [9.17, 15) is 13.6 Å². The van der Waals surface area contributed by atoms with Crippen molar-refractivity contribution in [2.24, 2.45) is 0 Å². The number of rotatable bonds is 6. The molecular formula is C22H17F2N3O3. The maximum Gasteiger partial charge on any atom is 0.387 e. The summed E-state index contributed by atoms with van der Waals surface area (Å²) in [6, 6.07) is 17.0. The third-order valence-electron chi connectivity index (χ3n) is 4.51. The molecule has 0 radical (unpaired) electrons. The Morgan fingerprint density at radius 2 is 1.80 bits per heavy atom. The van der Waals surface area contributed by atoms with Crippen LogP contribution in [0.4, 0.5) is 8.78 Å². The number of benzene rings is 2. The smallest absolute Gasteiger partial charge is 0.387 e. The van der Waals surface area contributed by atoms with E-state index < -0.39 is 6.61 Å². The average Bonchev–Trinajstić information content (AvgIpc) is 3.23. The molecule has 0 aliphatic carbocycles. The van der Waals surface area contributed by atoms with E-state index in [1.807, 2.05) is 18.2 Å². The number of hydrogen-bond donors (Lipinski definition) is 1. The Hall–Kier alpha value is -3.94. The Morgan fingerprint density at radius 3 is 2.60 bits per heavy atom. The van der Waals surface area contributed by atoms with Gasteiger partial charge in [0.15, 0.2) is 0 Å². The van der Waals surface area contributed by atoms with Gasteiger partial charge in [-0.1, -0.05) is 18.2 Å². The third kappa shape index (κ3) is 3.93. The number of aromatic nitrogens is 3. The number of H-pyrrole nitrogens is 1. The number of nitrogens with zero attached hydrogens (tertiary/aromatic N) is 2. The molecule has 0 fully saturated rings. The summed E-state index contributed by atoms with van der Waals surface area (Å²) >= 11 is 0. The Morgan fingerprint density at radius 1 is 1.00 bits per heavy atom. The van der Waals surface area contributed by atoms with Gasteiger partial charge in [0.25, 0.3) is 5.56 Å². The SMILES string of the molecule is COc1cccc(-n2nccc2-c2cc(-c3cccc(OC(F)F)c3)c[nH]c2=O)c1. The number of aromatic amines is 1. The Balaban J connectivity index is 1.78. The number of pyridine rings is 1. The molecule has 0 aliphatic rings. The molecule has 0 atom stereocenters.